The number of rotatable bonds is 5. The summed E-state index contributed by atoms with van der Waals surface area (Å²) in [6, 6.07) is -5.45. The Bertz CT molecular complexity index is 1350. The van der Waals surface area contributed by atoms with Crippen LogP contribution in [-0.2, 0) is 11.2 Å². The Hall–Kier alpha value is -1.55. The lowest BCUT2D eigenvalue weighted by atomic mass is 9.79. The summed E-state index contributed by atoms with van der Waals surface area (Å²) in [5.74, 6) is -10.4. The van der Waals surface area contributed by atoms with Gasteiger partial charge in [-0.1, -0.05) is 20.1 Å². The molecule has 0 N–H and O–H groups in total. The van der Waals surface area contributed by atoms with Gasteiger partial charge in [-0.3, -0.25) is 9.69 Å². The third-order valence-corrected chi connectivity index (χ3v) is 3.55. The molecule has 2 aliphatic heterocycles. The van der Waals surface area contributed by atoms with Gasteiger partial charge in [0.05, 0.1) is 22.4 Å². The predicted molar refractivity (Wildman–Crippen MR) is 94.8 cm³/mol. The van der Waals surface area contributed by atoms with E-state index in [1.54, 1.807) is 0 Å². The van der Waals surface area contributed by atoms with Gasteiger partial charge in [0.2, 0.25) is 0 Å². The highest BCUT2D eigenvalue weighted by Crippen LogP contribution is 2.42. The van der Waals surface area contributed by atoms with Crippen LogP contribution in [0.25, 0.3) is 0 Å². The van der Waals surface area contributed by atoms with Gasteiger partial charge < -0.3 is 9.47 Å². The van der Waals surface area contributed by atoms with Crippen LogP contribution in [-0.4, -0.2) is 37.8 Å². The molecule has 4 heteroatoms. The van der Waals surface area contributed by atoms with Gasteiger partial charge in [0, 0.05) is 50.5 Å². The lowest BCUT2D eigenvalue weighted by Crippen LogP contribution is -2.46. The monoisotopic (exact) mass is 351 g/mol. The van der Waals surface area contributed by atoms with Crippen LogP contribution < -0.4 is 9.47 Å². The summed E-state index contributed by atoms with van der Waals surface area (Å²) >= 11 is 0. The second-order valence-electron chi connectivity index (χ2n) is 4.96. The van der Waals surface area contributed by atoms with Crippen LogP contribution in [0.15, 0.2) is 12.1 Å². The molecule has 0 spiro atoms. The fourth-order valence-corrected chi connectivity index (χ4v) is 2.36. The molecule has 24 heavy (non-hydrogen) atoms. The van der Waals surface area contributed by atoms with Gasteiger partial charge in [-0.2, -0.15) is 0 Å². The lowest BCUT2D eigenvalue weighted by molar-refractivity contribution is -0.129. The van der Waals surface area contributed by atoms with Crippen molar-refractivity contribution < 1.29 is 41.7 Å². The zero-order valence-electron chi connectivity index (χ0n) is 33.0. The number of fused-ring (bicyclic) bond motifs is 3. The topological polar surface area (TPSA) is 38.8 Å². The van der Waals surface area contributed by atoms with Gasteiger partial charge in [-0.05, 0) is 41.9 Å². The van der Waals surface area contributed by atoms with Crippen LogP contribution in [0.5, 0.6) is 11.5 Å². The average Bonchev–Trinajstić information content (AvgIpc) is 2.75. The van der Waals surface area contributed by atoms with Crippen LogP contribution in [0, 0.1) is 11.8 Å². The van der Waals surface area contributed by atoms with Crippen molar-refractivity contribution in [1.29, 1.82) is 0 Å². The molecule has 3 rings (SSSR count). The Balaban J connectivity index is 2.50. The highest BCUT2D eigenvalue weighted by Gasteiger charge is 2.38. The largest absolute Gasteiger partial charge is 0.493 e. The maximum atomic E-state index is 13.7. The number of Topliss-reactive ketones (excluding diaryl/α,β-unsaturated/α-hetero) is 1. The molecule has 0 bridgehead atoms. The zero-order valence-corrected chi connectivity index (χ0v) is 13.0. The molecule has 1 saturated heterocycles. The minimum atomic E-state index is -3.97. The van der Waals surface area contributed by atoms with E-state index in [0.717, 1.165) is 7.11 Å². The Morgan fingerprint density at radius 1 is 1.58 bits per heavy atom. The molecule has 4 nitrogen and oxygen atoms in total. The van der Waals surface area contributed by atoms with Gasteiger partial charge in [0.25, 0.3) is 0 Å². The minimum absolute atomic E-state index is 0.217. The average molecular weight is 352 g/mol. The number of methoxy groups -OCH3 is 2. The summed E-state index contributed by atoms with van der Waals surface area (Å²) in [5.41, 5.74) is -2.15. The summed E-state index contributed by atoms with van der Waals surface area (Å²) in [6.07, 6.45) is -12.3. The molecule has 0 aliphatic carbocycles. The summed E-state index contributed by atoms with van der Waals surface area (Å²) < 4.78 is 176. The first-order valence-corrected chi connectivity index (χ1v) is 6.97. The smallest absolute Gasteiger partial charge is 0.161 e. The molecule has 0 radical (unpaired) electrons. The van der Waals surface area contributed by atoms with Crippen molar-refractivity contribution in [2.45, 2.75) is 45.3 Å². The maximum Gasteiger partial charge on any atom is 0.161 e. The van der Waals surface area contributed by atoms with Crippen LogP contribution in [0.3, 0.4) is 0 Å². The van der Waals surface area contributed by atoms with Crippen molar-refractivity contribution in [3.63, 3.8) is 0 Å². The number of hydrogen-bond acceptors (Lipinski definition) is 4. The number of ketones is 1. The highest BCUT2D eigenvalue weighted by molar-refractivity contribution is 5.83. The lowest BCUT2D eigenvalue weighted by Gasteiger charge is -2.43. The van der Waals surface area contributed by atoms with Crippen LogP contribution >= 0.6 is 0 Å². The fourth-order valence-electron chi connectivity index (χ4n) is 2.36. The number of nitrogens with zero attached hydrogens (tertiary/aromatic N) is 1. The number of carbonyl (C=O) groups is 1. The molecular formula is C20H29NO3. The third kappa shape index (κ3) is 3.16. The van der Waals surface area contributed by atoms with Crippen molar-refractivity contribution in [1.82, 2.24) is 4.90 Å². The van der Waals surface area contributed by atoms with E-state index >= 15 is 0 Å². The molecule has 2 aliphatic rings. The Labute approximate surface area is 173 Å². The summed E-state index contributed by atoms with van der Waals surface area (Å²) in [7, 11) is -2.39. The van der Waals surface area contributed by atoms with Crippen LogP contribution in [0.1, 0.15) is 77.5 Å². The van der Waals surface area contributed by atoms with E-state index in [-0.39, 0.29) is 4.90 Å². The summed E-state index contributed by atoms with van der Waals surface area (Å²) in [4.78, 5) is 13.5. The first-order valence-electron chi connectivity index (χ1n) is 17.0. The van der Waals surface area contributed by atoms with Crippen LogP contribution in [0.2, 0.25) is 0 Å². The van der Waals surface area contributed by atoms with Gasteiger partial charge in [-0.25, -0.2) is 0 Å². The second kappa shape index (κ2) is 7.14. The molecule has 0 aromatic heterocycles. The molecule has 1 fully saturated rings. The van der Waals surface area contributed by atoms with E-state index in [0.29, 0.717) is 6.92 Å². The van der Waals surface area contributed by atoms with Crippen molar-refractivity contribution >= 4 is 5.78 Å². The minimum Gasteiger partial charge on any atom is -0.493 e. The van der Waals surface area contributed by atoms with Gasteiger partial charge in [0.15, 0.2) is 11.5 Å². The molecule has 2 heterocycles. The van der Waals surface area contributed by atoms with Crippen molar-refractivity contribution in [3.8, 4) is 11.5 Å². The van der Waals surface area contributed by atoms with E-state index < -0.39 is 111 Å². The predicted octanol–water partition coefficient (Wildman–Crippen LogP) is 3.63. The van der Waals surface area contributed by atoms with Gasteiger partial charge >= 0.3 is 0 Å². The number of ether oxygens (including phenoxy) is 2. The first-order chi connectivity index (χ1) is 19.2. The second-order valence-corrected chi connectivity index (χ2v) is 4.96. The number of hydrogen-bond donors (Lipinski definition) is 0. The van der Waals surface area contributed by atoms with E-state index in [2.05, 4.69) is 0 Å². The third-order valence-electron chi connectivity index (χ3n) is 3.55. The van der Waals surface area contributed by atoms with E-state index in [1.807, 2.05) is 0 Å². The van der Waals surface area contributed by atoms with Gasteiger partial charge in [-0.15, -0.1) is 0 Å². The molecule has 3 atom stereocenters. The van der Waals surface area contributed by atoms with Gasteiger partial charge in [0.1, 0.15) is 5.78 Å². The Morgan fingerprint density at radius 2 is 2.42 bits per heavy atom. The molecule has 132 valence electrons. The molecule has 0 saturated carbocycles. The molecular weight excluding hydrogens is 302 g/mol. The number of carbonyl (C=O) groups excluding carboxylic acids is 1. The number of piperidine rings is 1. The zero-order chi connectivity index (χ0) is 34.8. The van der Waals surface area contributed by atoms with Crippen LogP contribution in [0.4, 0.5) is 0 Å². The molecule has 1 aromatic rings. The van der Waals surface area contributed by atoms with Crippen molar-refractivity contribution in [2.75, 3.05) is 27.1 Å². The maximum absolute atomic E-state index is 13.7. The fraction of sp³-hybridized carbons (Fsp3) is 0.650. The Kier molecular flexibility index (Phi) is 1.55. The summed E-state index contributed by atoms with van der Waals surface area (Å²) in [6.45, 7) is -11.0. The van der Waals surface area contributed by atoms with Crippen molar-refractivity contribution in [2.24, 2.45) is 11.8 Å². The molecule has 0 amide bonds. The molecule has 3 unspecified atom stereocenters. The Morgan fingerprint density at radius 3 is 3.12 bits per heavy atom. The van der Waals surface area contributed by atoms with E-state index in [9.17, 15) is 6.17 Å². The number of benzene rings is 1. The van der Waals surface area contributed by atoms with E-state index in [1.165, 1.54) is 0 Å². The normalized spacial score (nSPS) is 50.1. The quantitative estimate of drug-likeness (QED) is 0.812. The SMILES string of the molecule is [2H]c1c(OC)c(OC([2H])([2H])[2H])c([2H])c2c1C1([2H])CC(=O)C(C([2H])([2H])C([2H])(C([2H])([2H])[2H])C([2H])([2H])C)C([2H])([2H])N1C([2H])([2H])C2([2H])[2H]. The molecule has 1 aromatic carbocycles. The standard InChI is InChI=1S/C20H29NO3/c1-5-13(2)8-15-12-21-7-6-14-9-19(23-3)20(24-4)10-16(14)17(21)11-18(15)22/h9-10,13,15,17H,5-8,11-12H2,1-4H3/i2D3,3D3,5D2,6D2,7D2,8D2,9D,10D,12D2,13D,17D. The van der Waals surface area contributed by atoms with Crippen molar-refractivity contribution in [3.05, 3.63) is 23.2 Å². The highest BCUT2D eigenvalue weighted by atomic mass is 16.5. The van der Waals surface area contributed by atoms with E-state index in [4.69, 9.17) is 35.5 Å². The first kappa shape index (κ1) is 5.23. The summed E-state index contributed by atoms with van der Waals surface area (Å²) in [5, 5.41) is 0.